The predicted molar refractivity (Wildman–Crippen MR) is 88.1 cm³/mol. The molecule has 3 heteroatoms. The van der Waals surface area contributed by atoms with Crippen LogP contribution in [0.1, 0.15) is 52.9 Å². The zero-order chi connectivity index (χ0) is 15.3. The van der Waals surface area contributed by atoms with E-state index < -0.39 is 0 Å². The molecule has 0 radical (unpaired) electrons. The molecule has 1 fully saturated rings. The first-order valence-corrected chi connectivity index (χ1v) is 8.39. The van der Waals surface area contributed by atoms with Gasteiger partial charge in [0.05, 0.1) is 0 Å². The fourth-order valence-corrected chi connectivity index (χ4v) is 3.81. The number of hydrogen-bond acceptors (Lipinski definition) is 2. The Morgan fingerprint density at radius 1 is 1.29 bits per heavy atom. The molecule has 1 aliphatic heterocycles. The van der Waals surface area contributed by atoms with Crippen molar-refractivity contribution in [1.29, 1.82) is 0 Å². The summed E-state index contributed by atoms with van der Waals surface area (Å²) in [6, 6.07) is 8.13. The van der Waals surface area contributed by atoms with E-state index in [1.54, 1.807) is 0 Å². The third-order valence-corrected chi connectivity index (χ3v) is 5.01. The molecule has 0 aliphatic carbocycles. The molecule has 1 aromatic rings. The van der Waals surface area contributed by atoms with Gasteiger partial charge in [0.15, 0.2) is 5.69 Å². The standard InChI is InChI=1S/C18H30N2O/c1-4-7-15(2)14-18(3)10-12-20(13-11-18)17-9-6-5-8-16(17)19-21/h5-6,8-9,15,19,21H,4,7,10-14H2,1-3H3/p+1. The number of benzene rings is 1. The molecule has 1 atom stereocenters. The van der Waals surface area contributed by atoms with Crippen LogP contribution in [0.4, 0.5) is 11.4 Å². The summed E-state index contributed by atoms with van der Waals surface area (Å²) in [5.74, 6) is 0.838. The first kappa shape index (κ1) is 16.3. The zero-order valence-electron chi connectivity index (χ0n) is 13.8. The van der Waals surface area contributed by atoms with E-state index in [2.05, 4.69) is 37.8 Å². The smallest absolute Gasteiger partial charge is 0.185 e. The molecule has 0 spiro atoms. The van der Waals surface area contributed by atoms with Crippen LogP contribution in [0.3, 0.4) is 0 Å². The molecule has 3 N–H and O–H groups in total. The maximum Gasteiger partial charge on any atom is 0.185 e. The van der Waals surface area contributed by atoms with Crippen LogP contribution >= 0.6 is 0 Å². The van der Waals surface area contributed by atoms with E-state index in [4.69, 9.17) is 0 Å². The normalized spacial score (nSPS) is 19.5. The van der Waals surface area contributed by atoms with Gasteiger partial charge in [0, 0.05) is 19.2 Å². The summed E-state index contributed by atoms with van der Waals surface area (Å²) in [6.45, 7) is 9.34. The SMILES string of the molecule is CCCC(C)CC1(C)CCN(c2ccccc2[NH2+]O)CC1. The third-order valence-electron chi connectivity index (χ3n) is 5.01. The highest BCUT2D eigenvalue weighted by atomic mass is 16.5. The van der Waals surface area contributed by atoms with E-state index in [9.17, 15) is 5.21 Å². The Bertz CT molecular complexity index is 439. The van der Waals surface area contributed by atoms with Crippen molar-refractivity contribution in [3.63, 3.8) is 0 Å². The molecule has 0 amide bonds. The molecule has 0 saturated carbocycles. The highest BCUT2D eigenvalue weighted by molar-refractivity contribution is 5.62. The summed E-state index contributed by atoms with van der Waals surface area (Å²) in [7, 11) is 0. The van der Waals surface area contributed by atoms with Crippen LogP contribution < -0.4 is 10.4 Å². The average molecular weight is 291 g/mol. The number of nitrogens with two attached hydrogens (primary N) is 1. The van der Waals surface area contributed by atoms with E-state index in [0.29, 0.717) is 5.41 Å². The number of para-hydroxylation sites is 2. The lowest BCUT2D eigenvalue weighted by Gasteiger charge is -2.41. The molecule has 1 heterocycles. The van der Waals surface area contributed by atoms with Gasteiger partial charge >= 0.3 is 0 Å². The van der Waals surface area contributed by atoms with Gasteiger partial charge in [-0.1, -0.05) is 45.7 Å². The van der Waals surface area contributed by atoms with Crippen molar-refractivity contribution in [1.82, 2.24) is 0 Å². The van der Waals surface area contributed by atoms with Crippen molar-refractivity contribution >= 4 is 11.4 Å². The van der Waals surface area contributed by atoms with E-state index in [-0.39, 0.29) is 0 Å². The maximum absolute atomic E-state index is 9.38. The monoisotopic (exact) mass is 291 g/mol. The molecular weight excluding hydrogens is 260 g/mol. The van der Waals surface area contributed by atoms with Crippen LogP contribution in [-0.2, 0) is 0 Å². The number of hydrogen-bond donors (Lipinski definition) is 2. The number of rotatable bonds is 6. The van der Waals surface area contributed by atoms with Crippen molar-refractivity contribution in [2.75, 3.05) is 18.0 Å². The van der Waals surface area contributed by atoms with Crippen LogP contribution in [0.25, 0.3) is 0 Å². The topological polar surface area (TPSA) is 40.1 Å². The van der Waals surface area contributed by atoms with Gasteiger partial charge in [0.1, 0.15) is 5.69 Å². The molecule has 1 saturated heterocycles. The van der Waals surface area contributed by atoms with Crippen molar-refractivity contribution < 1.29 is 10.7 Å². The minimum atomic E-state index is 0.489. The Morgan fingerprint density at radius 2 is 1.95 bits per heavy atom. The number of piperidine rings is 1. The molecule has 0 bridgehead atoms. The fourth-order valence-electron chi connectivity index (χ4n) is 3.81. The summed E-state index contributed by atoms with van der Waals surface area (Å²) in [6.07, 6.45) is 6.49. The highest BCUT2D eigenvalue weighted by Crippen LogP contribution is 2.39. The van der Waals surface area contributed by atoms with Crippen LogP contribution in [0.15, 0.2) is 24.3 Å². The maximum atomic E-state index is 9.38. The molecule has 3 nitrogen and oxygen atoms in total. The first-order chi connectivity index (χ1) is 10.1. The highest BCUT2D eigenvalue weighted by Gasteiger charge is 2.32. The van der Waals surface area contributed by atoms with Gasteiger partial charge in [-0.3, -0.25) is 0 Å². The number of quaternary nitrogens is 1. The lowest BCUT2D eigenvalue weighted by atomic mass is 9.73. The second-order valence-corrected chi connectivity index (χ2v) is 7.08. The molecular formula is C18H31N2O+. The summed E-state index contributed by atoms with van der Waals surface area (Å²) in [4.78, 5) is 2.42. The van der Waals surface area contributed by atoms with Gasteiger partial charge in [-0.15, -0.1) is 0 Å². The number of anilines is 1. The second-order valence-electron chi connectivity index (χ2n) is 7.08. The molecule has 2 rings (SSSR count). The Morgan fingerprint density at radius 3 is 2.57 bits per heavy atom. The molecule has 1 aliphatic rings. The van der Waals surface area contributed by atoms with E-state index in [0.717, 1.165) is 24.7 Å². The van der Waals surface area contributed by atoms with Gasteiger partial charge in [0.25, 0.3) is 0 Å². The summed E-state index contributed by atoms with van der Waals surface area (Å²) in [5, 5.41) is 9.38. The van der Waals surface area contributed by atoms with Crippen LogP contribution in [-0.4, -0.2) is 18.3 Å². The molecule has 118 valence electrons. The van der Waals surface area contributed by atoms with Crippen molar-refractivity contribution in [2.45, 2.75) is 52.9 Å². The van der Waals surface area contributed by atoms with E-state index >= 15 is 0 Å². The lowest BCUT2D eigenvalue weighted by Crippen LogP contribution is -2.74. The zero-order valence-corrected chi connectivity index (χ0v) is 13.8. The predicted octanol–water partition coefficient (Wildman–Crippen LogP) is 3.70. The molecule has 1 unspecified atom stereocenters. The minimum Gasteiger partial charge on any atom is -0.367 e. The van der Waals surface area contributed by atoms with Gasteiger partial charge in [-0.05, 0) is 36.7 Å². The Hall–Kier alpha value is -1.06. The molecule has 1 aromatic carbocycles. The lowest BCUT2D eigenvalue weighted by molar-refractivity contribution is -0.825. The van der Waals surface area contributed by atoms with Crippen molar-refractivity contribution in [3.05, 3.63) is 24.3 Å². The second kappa shape index (κ2) is 7.28. The van der Waals surface area contributed by atoms with E-state index in [1.165, 1.54) is 43.3 Å². The van der Waals surface area contributed by atoms with Crippen molar-refractivity contribution in [2.24, 2.45) is 11.3 Å². The first-order valence-electron chi connectivity index (χ1n) is 8.39. The third kappa shape index (κ3) is 4.21. The number of nitrogens with zero attached hydrogens (tertiary/aromatic N) is 1. The largest absolute Gasteiger partial charge is 0.367 e. The summed E-state index contributed by atoms with van der Waals surface area (Å²) < 4.78 is 0. The average Bonchev–Trinajstić information content (AvgIpc) is 2.48. The quantitative estimate of drug-likeness (QED) is 0.619. The molecule has 0 aromatic heterocycles. The Kier molecular flexibility index (Phi) is 5.65. The Labute approximate surface area is 129 Å². The van der Waals surface area contributed by atoms with E-state index in [1.807, 2.05) is 12.1 Å². The summed E-state index contributed by atoms with van der Waals surface area (Å²) >= 11 is 0. The fraction of sp³-hybridized carbons (Fsp3) is 0.667. The van der Waals surface area contributed by atoms with Gasteiger partial charge in [0.2, 0.25) is 0 Å². The van der Waals surface area contributed by atoms with Gasteiger partial charge in [-0.2, -0.15) is 5.48 Å². The van der Waals surface area contributed by atoms with Crippen LogP contribution in [0.5, 0.6) is 0 Å². The van der Waals surface area contributed by atoms with Crippen LogP contribution in [0.2, 0.25) is 0 Å². The minimum absolute atomic E-state index is 0.489. The molecule has 21 heavy (non-hydrogen) atoms. The van der Waals surface area contributed by atoms with Gasteiger partial charge in [-0.25, -0.2) is 5.21 Å². The van der Waals surface area contributed by atoms with Crippen molar-refractivity contribution in [3.8, 4) is 0 Å². The van der Waals surface area contributed by atoms with Gasteiger partial charge < -0.3 is 4.90 Å². The van der Waals surface area contributed by atoms with Crippen LogP contribution in [0, 0.1) is 11.3 Å². The Balaban J connectivity index is 1.96. The summed E-state index contributed by atoms with van der Waals surface area (Å²) in [5.41, 5.74) is 3.82.